The van der Waals surface area contributed by atoms with Crippen molar-refractivity contribution in [3.8, 4) is 18.1 Å². The molecule has 0 radical (unpaired) electrons. The van der Waals surface area contributed by atoms with Crippen molar-refractivity contribution < 1.29 is 37.4 Å². The van der Waals surface area contributed by atoms with Crippen LogP contribution in [0.25, 0.3) is 11.2 Å². The highest BCUT2D eigenvalue weighted by molar-refractivity contribution is 7.52. The highest BCUT2D eigenvalue weighted by Crippen LogP contribution is 2.48. The monoisotopic (exact) mass is 603 g/mol. The molecule has 42 heavy (non-hydrogen) atoms. The first-order chi connectivity index (χ1) is 20.1. The van der Waals surface area contributed by atoms with Crippen molar-refractivity contribution in [1.29, 1.82) is 0 Å². The molecule has 2 fully saturated rings. The van der Waals surface area contributed by atoms with Crippen molar-refractivity contribution in [2.45, 2.75) is 62.9 Å². The minimum atomic E-state index is -4.32. The quantitative estimate of drug-likeness (QED) is 0.134. The summed E-state index contributed by atoms with van der Waals surface area (Å²) in [4.78, 5) is 24.9. The summed E-state index contributed by atoms with van der Waals surface area (Å²) in [7, 11) is -4.32. The molecule has 224 valence electrons. The number of fused-ring (bicyclic) bond motifs is 1. The molecular weight excluding hydrogens is 572 g/mol. The molecule has 1 aliphatic heterocycles. The molecule has 6 atom stereocenters. The first-order valence-electron chi connectivity index (χ1n) is 13.3. The molecule has 1 saturated heterocycles. The lowest BCUT2D eigenvalue weighted by atomic mass is 9.97. The van der Waals surface area contributed by atoms with Gasteiger partial charge >= 0.3 is 13.7 Å². The number of carbonyl (C=O) groups excluding carboxylic acids is 1. The Morgan fingerprint density at radius 2 is 2.12 bits per heavy atom. The van der Waals surface area contributed by atoms with E-state index in [4.69, 9.17) is 30.7 Å². The Balaban J connectivity index is 1.39. The number of benzene rings is 1. The second-order valence-electron chi connectivity index (χ2n) is 9.86. The third-order valence-corrected chi connectivity index (χ3v) is 8.29. The van der Waals surface area contributed by atoms with Crippen molar-refractivity contribution in [1.82, 2.24) is 24.6 Å². The topological polar surface area (TPSA) is 185 Å². The Morgan fingerprint density at radius 3 is 2.79 bits per heavy atom. The number of esters is 1. The fourth-order valence-electron chi connectivity index (χ4n) is 4.38. The highest BCUT2D eigenvalue weighted by Gasteiger charge is 2.58. The number of hydrogen-bond acceptors (Lipinski definition) is 12. The van der Waals surface area contributed by atoms with E-state index in [9.17, 15) is 14.5 Å². The van der Waals surface area contributed by atoms with Crippen LogP contribution in [0.4, 0.5) is 16.2 Å². The zero-order valence-corrected chi connectivity index (χ0v) is 23.7. The van der Waals surface area contributed by atoms with Gasteiger partial charge in [0.15, 0.2) is 23.2 Å². The van der Waals surface area contributed by atoms with E-state index in [1.807, 2.05) is 5.92 Å². The number of nitrogens with zero attached hydrogens (tertiary/aromatic N) is 4. The second-order valence-corrected chi connectivity index (χ2v) is 11.6. The number of imidazole rings is 1. The lowest BCUT2D eigenvalue weighted by Crippen LogP contribution is -2.42. The number of nitrogen functional groups attached to an aromatic ring is 1. The van der Waals surface area contributed by atoms with E-state index in [2.05, 4.69) is 25.4 Å². The molecule has 0 amide bonds. The standard InChI is InChI=1S/C26H31FN7O7P/c1-4-26(27)20(35)18(13-39-42(37,33-15(3)23(36)38-5-2)41-17-9-7-6-8-10-17)40-24(26)34-14-29-19-21(30-16-11-12-16)31-25(28)32-22(19)34/h1,6-10,14-16,18,20,24,35H,5,11-13H2,2-3H3,(H,33,37)(H3,28,30,31,32)/t15?,18-,20-,24-,26-,42-/m1/s1. The summed E-state index contributed by atoms with van der Waals surface area (Å²) in [5.74, 6) is 1.73. The zero-order valence-electron chi connectivity index (χ0n) is 22.8. The van der Waals surface area contributed by atoms with Crippen LogP contribution >= 0.6 is 7.75 Å². The summed E-state index contributed by atoms with van der Waals surface area (Å²) in [5, 5.41) is 16.7. The average molecular weight is 604 g/mol. The Bertz CT molecular complexity index is 1530. The number of para-hydroxylation sites is 1. The molecule has 3 aromatic rings. The molecule has 2 aromatic heterocycles. The number of nitrogens with two attached hydrogens (primary N) is 1. The van der Waals surface area contributed by atoms with Crippen molar-refractivity contribution in [2.24, 2.45) is 0 Å². The molecule has 0 bridgehead atoms. The average Bonchev–Trinajstić information content (AvgIpc) is 3.62. The molecule has 3 heterocycles. The predicted octanol–water partition coefficient (Wildman–Crippen LogP) is 2.33. The number of aromatic nitrogens is 4. The van der Waals surface area contributed by atoms with Gasteiger partial charge in [-0.15, -0.1) is 6.42 Å². The second kappa shape index (κ2) is 11.8. The van der Waals surface area contributed by atoms with E-state index in [-0.39, 0.29) is 30.0 Å². The van der Waals surface area contributed by atoms with Crippen LogP contribution in [0.5, 0.6) is 5.75 Å². The van der Waals surface area contributed by atoms with Crippen LogP contribution in [0.3, 0.4) is 0 Å². The van der Waals surface area contributed by atoms with E-state index in [1.165, 1.54) is 30.0 Å². The van der Waals surface area contributed by atoms with Gasteiger partial charge in [0.25, 0.3) is 0 Å². The molecule has 14 nitrogen and oxygen atoms in total. The minimum Gasteiger partial charge on any atom is -0.465 e. The summed E-state index contributed by atoms with van der Waals surface area (Å²) >= 11 is 0. The van der Waals surface area contributed by atoms with E-state index in [0.29, 0.717) is 11.3 Å². The third kappa shape index (κ3) is 6.04. The van der Waals surface area contributed by atoms with E-state index < -0.39 is 50.5 Å². The maximum Gasteiger partial charge on any atom is 0.459 e. The summed E-state index contributed by atoms with van der Waals surface area (Å²) in [5.41, 5.74) is 3.57. The SMILES string of the molecule is C#C[C@@]1(F)[C@H](O)[C@@H](CO[P@](=O)(NC(C)C(=O)OCC)Oc2ccccc2)O[C@H]1n1cnc2c(NC3CC3)nc(N)nc21. The van der Waals surface area contributed by atoms with E-state index >= 15 is 4.39 Å². The molecule has 1 unspecified atom stereocenters. The maximum atomic E-state index is 16.2. The Hall–Kier alpha value is -3.80. The van der Waals surface area contributed by atoms with Crippen molar-refractivity contribution in [3.05, 3.63) is 36.7 Å². The van der Waals surface area contributed by atoms with Crippen LogP contribution in [0.1, 0.15) is 32.9 Å². The van der Waals surface area contributed by atoms with Gasteiger partial charge in [0.2, 0.25) is 11.6 Å². The maximum absolute atomic E-state index is 16.2. The number of rotatable bonds is 12. The van der Waals surface area contributed by atoms with Crippen LogP contribution in [0.2, 0.25) is 0 Å². The van der Waals surface area contributed by atoms with Crippen LogP contribution in [0, 0.1) is 12.3 Å². The molecule has 1 aliphatic carbocycles. The Morgan fingerprint density at radius 1 is 1.38 bits per heavy atom. The minimum absolute atomic E-state index is 0.0863. The number of nitrogens with one attached hydrogen (secondary N) is 2. The molecule has 1 aromatic carbocycles. The number of alkyl halides is 1. The zero-order chi connectivity index (χ0) is 30.1. The van der Waals surface area contributed by atoms with E-state index in [0.717, 1.165) is 12.8 Å². The van der Waals surface area contributed by atoms with Gasteiger partial charge in [-0.1, -0.05) is 24.1 Å². The molecule has 0 spiro atoms. The van der Waals surface area contributed by atoms with Crippen molar-refractivity contribution in [3.63, 3.8) is 0 Å². The van der Waals surface area contributed by atoms with Gasteiger partial charge in [-0.25, -0.2) is 13.9 Å². The molecule has 5 rings (SSSR count). The van der Waals surface area contributed by atoms with Crippen molar-refractivity contribution >= 4 is 36.6 Å². The van der Waals surface area contributed by atoms with Gasteiger partial charge in [0, 0.05) is 6.04 Å². The number of anilines is 2. The lowest BCUT2D eigenvalue weighted by Gasteiger charge is -2.25. The van der Waals surface area contributed by atoms with Gasteiger partial charge in [-0.3, -0.25) is 13.9 Å². The number of aliphatic hydroxyl groups excluding tert-OH is 1. The van der Waals surface area contributed by atoms with Crippen LogP contribution < -0.4 is 20.7 Å². The smallest absolute Gasteiger partial charge is 0.459 e. The predicted molar refractivity (Wildman–Crippen MR) is 149 cm³/mol. The van der Waals surface area contributed by atoms with Crippen LogP contribution in [-0.2, 0) is 23.4 Å². The molecule has 5 N–H and O–H groups in total. The summed E-state index contributed by atoms with van der Waals surface area (Å²) in [6.07, 6.45) is 3.77. The molecule has 16 heteroatoms. The summed E-state index contributed by atoms with van der Waals surface area (Å²) in [6.45, 7) is 2.49. The lowest BCUT2D eigenvalue weighted by molar-refractivity contribution is -0.144. The fraction of sp³-hybridized carbons (Fsp3) is 0.462. The number of halogens is 1. The normalized spacial score (nSPS) is 25.8. The largest absolute Gasteiger partial charge is 0.465 e. The highest BCUT2D eigenvalue weighted by atomic mass is 31.2. The molecule has 2 aliphatic rings. The van der Waals surface area contributed by atoms with Gasteiger partial charge < -0.3 is 30.2 Å². The van der Waals surface area contributed by atoms with Gasteiger partial charge in [0.1, 0.15) is 24.0 Å². The number of hydrogen-bond donors (Lipinski definition) is 4. The number of aliphatic hydroxyl groups is 1. The number of terminal acetylenes is 1. The van der Waals surface area contributed by atoms with Crippen molar-refractivity contribution in [2.75, 3.05) is 24.3 Å². The summed E-state index contributed by atoms with van der Waals surface area (Å²) in [6, 6.07) is 7.18. The van der Waals surface area contributed by atoms with Gasteiger partial charge in [-0.05, 0) is 38.8 Å². The number of carbonyl (C=O) groups is 1. The first kappa shape index (κ1) is 29.7. The molecule has 1 saturated carbocycles. The first-order valence-corrected chi connectivity index (χ1v) is 14.8. The fourth-order valence-corrected chi connectivity index (χ4v) is 5.88. The summed E-state index contributed by atoms with van der Waals surface area (Å²) < 4.78 is 53.2. The molecular formula is C26H31FN7O7P. The Labute approximate surface area is 240 Å². The third-order valence-electron chi connectivity index (χ3n) is 6.65. The van der Waals surface area contributed by atoms with Gasteiger partial charge in [0.05, 0.1) is 19.5 Å². The van der Waals surface area contributed by atoms with E-state index in [1.54, 1.807) is 25.1 Å². The van der Waals surface area contributed by atoms with Crippen LogP contribution in [-0.4, -0.2) is 73.8 Å². The number of ether oxygens (including phenoxy) is 2. The van der Waals surface area contributed by atoms with Gasteiger partial charge in [-0.2, -0.15) is 15.1 Å². The Kier molecular flexibility index (Phi) is 8.36. The van der Waals surface area contributed by atoms with Crippen LogP contribution in [0.15, 0.2) is 36.7 Å².